The van der Waals surface area contributed by atoms with Crippen LogP contribution < -0.4 is 5.32 Å². The van der Waals surface area contributed by atoms with E-state index in [0.717, 1.165) is 25.7 Å². The fourth-order valence-corrected chi connectivity index (χ4v) is 4.23. The molecule has 1 aromatic heterocycles. The van der Waals surface area contributed by atoms with Crippen LogP contribution in [-0.4, -0.2) is 52.8 Å². The van der Waals surface area contributed by atoms with Crippen LogP contribution in [0.3, 0.4) is 0 Å². The summed E-state index contributed by atoms with van der Waals surface area (Å²) in [6.07, 6.45) is 5.83. The first kappa shape index (κ1) is 19.6. The Bertz CT molecular complexity index is 671. The van der Waals surface area contributed by atoms with Gasteiger partial charge in [0.2, 0.25) is 0 Å². The van der Waals surface area contributed by atoms with E-state index in [0.29, 0.717) is 30.5 Å². The summed E-state index contributed by atoms with van der Waals surface area (Å²) in [6, 6.07) is 2.13. The summed E-state index contributed by atoms with van der Waals surface area (Å²) in [5, 5.41) is 3.35. The van der Waals surface area contributed by atoms with Gasteiger partial charge in [0.1, 0.15) is 11.3 Å². The Balaban J connectivity index is 1.71. The Morgan fingerprint density at radius 1 is 1.26 bits per heavy atom. The summed E-state index contributed by atoms with van der Waals surface area (Å²) >= 11 is 0. The average Bonchev–Trinajstić information content (AvgIpc) is 3.08. The highest BCUT2D eigenvalue weighted by molar-refractivity contribution is 5.93. The third-order valence-corrected chi connectivity index (χ3v) is 5.37. The number of piperidine rings is 2. The number of ether oxygens (including phenoxy) is 2. The zero-order valence-electron chi connectivity index (χ0n) is 16.7. The Labute approximate surface area is 160 Å². The van der Waals surface area contributed by atoms with Crippen LogP contribution in [0.5, 0.6) is 0 Å². The Morgan fingerprint density at radius 3 is 2.59 bits per heavy atom. The molecule has 2 N–H and O–H groups in total. The van der Waals surface area contributed by atoms with Crippen LogP contribution in [0.25, 0.3) is 0 Å². The molecule has 7 nitrogen and oxygen atoms in total. The lowest BCUT2D eigenvalue weighted by Gasteiger charge is -2.51. The molecule has 150 valence electrons. The molecule has 1 aromatic rings. The third kappa shape index (κ3) is 4.39. The first-order valence-electron chi connectivity index (χ1n) is 9.90. The lowest BCUT2D eigenvalue weighted by atomic mass is 9.74. The molecular weight excluding hydrogens is 346 g/mol. The molecule has 1 aliphatic carbocycles. The molecular formula is C20H31N3O4. The monoisotopic (exact) mass is 377 g/mol. The molecule has 27 heavy (non-hydrogen) atoms. The number of anilines is 1. The van der Waals surface area contributed by atoms with E-state index in [-0.39, 0.29) is 24.1 Å². The minimum absolute atomic E-state index is 0.0669. The number of nitrogens with one attached hydrogen (secondary N) is 2. The number of amides is 1. The molecule has 3 heterocycles. The van der Waals surface area contributed by atoms with Gasteiger partial charge in [0.05, 0.1) is 18.3 Å². The summed E-state index contributed by atoms with van der Waals surface area (Å²) in [5.41, 5.74) is 0.615. The molecule has 4 rings (SSSR count). The fourth-order valence-electron chi connectivity index (χ4n) is 4.23. The van der Waals surface area contributed by atoms with Gasteiger partial charge in [-0.1, -0.05) is 0 Å². The summed E-state index contributed by atoms with van der Waals surface area (Å²) < 4.78 is 10.8. The van der Waals surface area contributed by atoms with E-state index in [4.69, 9.17) is 9.47 Å². The lowest BCUT2D eigenvalue weighted by Crippen LogP contribution is -2.60. The molecule has 1 amide bonds. The van der Waals surface area contributed by atoms with Crippen LogP contribution in [0.4, 0.5) is 10.5 Å². The number of hydrogen-bond donors (Lipinski definition) is 2. The first-order valence-corrected chi connectivity index (χ1v) is 9.90. The molecule has 2 saturated heterocycles. The van der Waals surface area contributed by atoms with Crippen molar-refractivity contribution in [3.05, 3.63) is 18.0 Å². The van der Waals surface area contributed by atoms with Gasteiger partial charge in [-0.15, -0.1) is 0 Å². The van der Waals surface area contributed by atoms with E-state index in [2.05, 4.69) is 10.3 Å². The molecule has 1 unspecified atom stereocenters. The quantitative estimate of drug-likeness (QED) is 0.763. The number of carbonyl (C=O) groups is 2. The van der Waals surface area contributed by atoms with Crippen LogP contribution in [0.15, 0.2) is 12.3 Å². The zero-order valence-corrected chi connectivity index (χ0v) is 16.7. The van der Waals surface area contributed by atoms with Crippen molar-refractivity contribution in [1.29, 1.82) is 0 Å². The maximum absolute atomic E-state index is 12.8. The van der Waals surface area contributed by atoms with Crippen LogP contribution in [0.2, 0.25) is 0 Å². The smallest absolute Gasteiger partial charge is 0.410 e. The van der Waals surface area contributed by atoms with E-state index >= 15 is 0 Å². The van der Waals surface area contributed by atoms with Gasteiger partial charge >= 0.3 is 12.1 Å². The second kappa shape index (κ2) is 7.82. The van der Waals surface area contributed by atoms with E-state index in [1.54, 1.807) is 13.1 Å². The second-order valence-corrected chi connectivity index (χ2v) is 8.39. The highest BCUT2D eigenvalue weighted by Gasteiger charge is 2.45. The SMILES string of the molecule is CCOC(=O)c1[nH]ccc1NCC1C2CCC(CC2)N1C(=O)OC(C)(C)C. The number of aromatic nitrogens is 1. The Morgan fingerprint density at radius 2 is 1.96 bits per heavy atom. The molecule has 0 radical (unpaired) electrons. The number of hydrogen-bond acceptors (Lipinski definition) is 5. The van der Waals surface area contributed by atoms with Gasteiger partial charge in [0.25, 0.3) is 0 Å². The van der Waals surface area contributed by atoms with Crippen molar-refractivity contribution in [3.8, 4) is 0 Å². The number of rotatable bonds is 5. The van der Waals surface area contributed by atoms with Crippen molar-refractivity contribution >= 4 is 17.7 Å². The molecule has 2 aliphatic heterocycles. The van der Waals surface area contributed by atoms with Gasteiger partial charge in [0.15, 0.2) is 0 Å². The number of carbonyl (C=O) groups excluding carboxylic acids is 2. The minimum atomic E-state index is -0.510. The highest BCUT2D eigenvalue weighted by atomic mass is 16.6. The number of nitrogens with zero attached hydrogens (tertiary/aromatic N) is 1. The maximum Gasteiger partial charge on any atom is 0.410 e. The van der Waals surface area contributed by atoms with Gasteiger partial charge in [-0.3, -0.25) is 0 Å². The molecule has 0 spiro atoms. The first-order chi connectivity index (χ1) is 12.8. The molecule has 0 aromatic carbocycles. The van der Waals surface area contributed by atoms with Crippen LogP contribution >= 0.6 is 0 Å². The van der Waals surface area contributed by atoms with Gasteiger partial charge < -0.3 is 24.7 Å². The zero-order chi connectivity index (χ0) is 19.6. The van der Waals surface area contributed by atoms with Crippen molar-refractivity contribution in [1.82, 2.24) is 9.88 Å². The van der Waals surface area contributed by atoms with E-state index < -0.39 is 5.60 Å². The van der Waals surface area contributed by atoms with Gasteiger partial charge in [0, 0.05) is 18.8 Å². The summed E-state index contributed by atoms with van der Waals surface area (Å²) in [5.74, 6) is 0.0826. The predicted molar refractivity (Wildman–Crippen MR) is 103 cm³/mol. The second-order valence-electron chi connectivity index (χ2n) is 8.39. The number of aromatic amines is 1. The van der Waals surface area contributed by atoms with Crippen molar-refractivity contribution in [3.63, 3.8) is 0 Å². The number of fused-ring (bicyclic) bond motifs is 3. The maximum atomic E-state index is 12.8. The van der Waals surface area contributed by atoms with Crippen molar-refractivity contribution in [2.24, 2.45) is 5.92 Å². The van der Waals surface area contributed by atoms with Crippen molar-refractivity contribution in [2.45, 2.75) is 71.1 Å². The van der Waals surface area contributed by atoms with Gasteiger partial charge in [-0.05, 0) is 65.4 Å². The minimum Gasteiger partial charge on any atom is -0.461 e. The summed E-state index contributed by atoms with van der Waals surface area (Å²) in [7, 11) is 0. The third-order valence-electron chi connectivity index (χ3n) is 5.37. The highest BCUT2D eigenvalue weighted by Crippen LogP contribution is 2.40. The van der Waals surface area contributed by atoms with E-state index in [9.17, 15) is 9.59 Å². The molecule has 7 heteroatoms. The van der Waals surface area contributed by atoms with Crippen molar-refractivity contribution < 1.29 is 19.1 Å². The Kier molecular flexibility index (Phi) is 5.67. The van der Waals surface area contributed by atoms with E-state index in [1.165, 1.54) is 0 Å². The summed E-state index contributed by atoms with van der Waals surface area (Å²) in [4.78, 5) is 29.8. The van der Waals surface area contributed by atoms with Crippen LogP contribution in [0.1, 0.15) is 63.9 Å². The molecule has 3 fully saturated rings. The molecule has 1 atom stereocenters. The Hall–Kier alpha value is -2.18. The van der Waals surface area contributed by atoms with Gasteiger partial charge in [-0.25, -0.2) is 9.59 Å². The average molecular weight is 377 g/mol. The largest absolute Gasteiger partial charge is 0.461 e. The standard InChI is InChI=1S/C20H31N3O4/c1-5-26-18(24)17-15(10-11-21-17)22-12-16-13-6-8-14(9-7-13)23(16)19(25)27-20(2,3)4/h10-11,13-14,16,21-22H,5-9,12H2,1-4H3. The topological polar surface area (TPSA) is 83.7 Å². The fraction of sp³-hybridized carbons (Fsp3) is 0.700. The van der Waals surface area contributed by atoms with Crippen molar-refractivity contribution in [2.75, 3.05) is 18.5 Å². The molecule has 1 saturated carbocycles. The molecule has 3 aliphatic rings. The van der Waals surface area contributed by atoms with Gasteiger partial charge in [-0.2, -0.15) is 0 Å². The van der Waals surface area contributed by atoms with Crippen LogP contribution in [-0.2, 0) is 9.47 Å². The normalized spacial score (nSPS) is 24.6. The number of H-pyrrole nitrogens is 1. The summed E-state index contributed by atoms with van der Waals surface area (Å²) in [6.45, 7) is 8.38. The molecule has 2 bridgehead atoms. The predicted octanol–water partition coefficient (Wildman–Crippen LogP) is 3.78. The lowest BCUT2D eigenvalue weighted by molar-refractivity contribution is -0.0372. The number of esters is 1. The van der Waals surface area contributed by atoms with Crippen LogP contribution in [0, 0.1) is 5.92 Å². The van der Waals surface area contributed by atoms with E-state index in [1.807, 2.05) is 31.7 Å².